The molecule has 0 fully saturated rings. The van der Waals surface area contributed by atoms with Gasteiger partial charge >= 0.3 is 0 Å². The highest BCUT2D eigenvalue weighted by Gasteiger charge is 2.13. The molecule has 0 bridgehead atoms. The van der Waals surface area contributed by atoms with Crippen LogP contribution in [0.25, 0.3) is 10.2 Å². The van der Waals surface area contributed by atoms with Crippen LogP contribution in [0.2, 0.25) is 0 Å². The van der Waals surface area contributed by atoms with Crippen molar-refractivity contribution >= 4 is 44.9 Å². The average Bonchev–Trinajstić information content (AvgIpc) is 3.35. The number of allylic oxidation sites excluding steroid dienone is 1. The molecule has 0 aliphatic heterocycles. The van der Waals surface area contributed by atoms with Crippen LogP contribution in [-0.4, -0.2) is 25.7 Å². The molecule has 9 heteroatoms. The van der Waals surface area contributed by atoms with Gasteiger partial charge in [-0.2, -0.15) is 10.1 Å². The third-order valence-electron chi connectivity index (χ3n) is 4.17. The number of aryl methyl sites for hydroxylation is 1. The summed E-state index contributed by atoms with van der Waals surface area (Å²) in [4.78, 5) is 21.1. The molecular formula is C22H22N6O2S. The van der Waals surface area contributed by atoms with E-state index in [0.717, 1.165) is 10.2 Å². The predicted octanol–water partition coefficient (Wildman–Crippen LogP) is 5.11. The highest BCUT2D eigenvalue weighted by atomic mass is 32.1. The first-order valence-corrected chi connectivity index (χ1v) is 10.6. The minimum Gasteiger partial charge on any atom is -0.437 e. The number of anilines is 3. The summed E-state index contributed by atoms with van der Waals surface area (Å²) in [5.41, 5.74) is 1.41. The van der Waals surface area contributed by atoms with E-state index in [1.54, 1.807) is 10.7 Å². The van der Waals surface area contributed by atoms with E-state index in [-0.39, 0.29) is 5.91 Å². The maximum absolute atomic E-state index is 12.1. The maximum Gasteiger partial charge on any atom is 0.248 e. The van der Waals surface area contributed by atoms with Gasteiger partial charge in [-0.3, -0.25) is 9.48 Å². The van der Waals surface area contributed by atoms with E-state index in [9.17, 15) is 4.79 Å². The molecule has 3 aromatic heterocycles. The third-order valence-corrected chi connectivity index (χ3v) is 5.07. The summed E-state index contributed by atoms with van der Waals surface area (Å²) < 4.78 is 8.61. The first-order valence-electron chi connectivity index (χ1n) is 9.75. The van der Waals surface area contributed by atoms with Crippen LogP contribution >= 0.6 is 11.3 Å². The molecule has 0 aliphatic rings. The third kappa shape index (κ3) is 5.26. The molecule has 4 aromatic rings. The summed E-state index contributed by atoms with van der Waals surface area (Å²) in [7, 11) is 1.84. The number of hydrogen-bond acceptors (Lipinski definition) is 7. The van der Waals surface area contributed by atoms with Gasteiger partial charge < -0.3 is 15.4 Å². The number of nitrogens with one attached hydrogen (secondary N) is 2. The minimum atomic E-state index is -0.185. The molecule has 1 amide bonds. The van der Waals surface area contributed by atoms with Gasteiger partial charge in [0.1, 0.15) is 10.4 Å². The number of ether oxygens (including phenoxy) is 1. The number of amides is 1. The topological polar surface area (TPSA) is 94.0 Å². The van der Waals surface area contributed by atoms with Gasteiger partial charge in [0, 0.05) is 31.1 Å². The number of hydrogen-bond donors (Lipinski definition) is 2. The molecule has 3 heterocycles. The Hall–Kier alpha value is -3.72. The monoisotopic (exact) mass is 434 g/mol. The van der Waals surface area contributed by atoms with Gasteiger partial charge in [-0.05, 0) is 35.6 Å². The Morgan fingerprint density at radius 2 is 2.10 bits per heavy atom. The Kier molecular flexibility index (Phi) is 5.94. The number of benzene rings is 1. The number of aromatic nitrogens is 4. The fraction of sp³-hybridized carbons (Fsp3) is 0.182. The van der Waals surface area contributed by atoms with E-state index in [4.69, 9.17) is 4.74 Å². The van der Waals surface area contributed by atoms with Crippen molar-refractivity contribution in [2.45, 2.75) is 13.8 Å². The number of carbonyl (C=O) groups excluding carboxylic acids is 1. The predicted molar refractivity (Wildman–Crippen MR) is 123 cm³/mol. The van der Waals surface area contributed by atoms with E-state index < -0.39 is 0 Å². The lowest BCUT2D eigenvalue weighted by Crippen LogP contribution is -2.08. The second-order valence-electron chi connectivity index (χ2n) is 7.21. The Morgan fingerprint density at radius 1 is 1.23 bits per heavy atom. The molecule has 0 unspecified atom stereocenters. The Bertz CT molecular complexity index is 1240. The summed E-state index contributed by atoms with van der Waals surface area (Å²) in [5.74, 6) is 2.14. The summed E-state index contributed by atoms with van der Waals surface area (Å²) in [6.07, 6.45) is 5.21. The molecule has 2 N–H and O–H groups in total. The van der Waals surface area contributed by atoms with Crippen LogP contribution in [0.1, 0.15) is 13.8 Å². The second kappa shape index (κ2) is 8.97. The van der Waals surface area contributed by atoms with Gasteiger partial charge in [0.05, 0.1) is 5.52 Å². The minimum absolute atomic E-state index is 0.185. The lowest BCUT2D eigenvalue weighted by atomic mass is 10.2. The number of carbonyl (C=O) groups is 1. The zero-order chi connectivity index (χ0) is 21.8. The van der Waals surface area contributed by atoms with E-state index in [1.807, 2.05) is 68.9 Å². The molecule has 0 saturated heterocycles. The summed E-state index contributed by atoms with van der Waals surface area (Å²) in [6, 6.07) is 10.9. The van der Waals surface area contributed by atoms with E-state index in [1.165, 1.54) is 17.4 Å². The smallest absolute Gasteiger partial charge is 0.248 e. The Balaban J connectivity index is 1.56. The molecule has 0 spiro atoms. The lowest BCUT2D eigenvalue weighted by Gasteiger charge is -2.10. The molecule has 1 aromatic carbocycles. The fourth-order valence-electron chi connectivity index (χ4n) is 2.77. The fourth-order valence-corrected chi connectivity index (χ4v) is 3.53. The van der Waals surface area contributed by atoms with Crippen molar-refractivity contribution in [3.8, 4) is 11.6 Å². The van der Waals surface area contributed by atoms with Crippen LogP contribution in [-0.2, 0) is 11.8 Å². The van der Waals surface area contributed by atoms with E-state index in [0.29, 0.717) is 35.0 Å². The Morgan fingerprint density at radius 3 is 2.87 bits per heavy atom. The van der Waals surface area contributed by atoms with Crippen molar-refractivity contribution in [3.05, 3.63) is 60.1 Å². The van der Waals surface area contributed by atoms with Gasteiger partial charge in [-0.25, -0.2) is 4.98 Å². The first-order chi connectivity index (χ1) is 15.0. The normalized spacial score (nSPS) is 11.4. The summed E-state index contributed by atoms with van der Waals surface area (Å²) in [6.45, 7) is 4.03. The van der Waals surface area contributed by atoms with E-state index >= 15 is 0 Å². The number of rotatable bonds is 7. The molecular weight excluding hydrogens is 412 g/mol. The maximum atomic E-state index is 12.1. The second-order valence-corrected chi connectivity index (χ2v) is 8.13. The van der Waals surface area contributed by atoms with Crippen LogP contribution in [0.4, 0.5) is 17.5 Å². The SMILES string of the molecule is CC(C)/C=C/C(=O)Nc1cccc(Oc2nc(Nc3ccn(C)n3)nc3ccsc23)c1. The first kappa shape index (κ1) is 20.5. The Labute approximate surface area is 183 Å². The quantitative estimate of drug-likeness (QED) is 0.393. The molecule has 31 heavy (non-hydrogen) atoms. The van der Waals surface area contributed by atoms with Crippen molar-refractivity contribution < 1.29 is 9.53 Å². The molecule has 0 atom stereocenters. The highest BCUT2D eigenvalue weighted by molar-refractivity contribution is 7.17. The van der Waals surface area contributed by atoms with Gasteiger partial charge in [0.2, 0.25) is 17.7 Å². The van der Waals surface area contributed by atoms with E-state index in [2.05, 4.69) is 25.7 Å². The highest BCUT2D eigenvalue weighted by Crippen LogP contribution is 2.33. The van der Waals surface area contributed by atoms with Crippen molar-refractivity contribution in [3.63, 3.8) is 0 Å². The van der Waals surface area contributed by atoms with Crippen molar-refractivity contribution in [2.75, 3.05) is 10.6 Å². The van der Waals surface area contributed by atoms with Crippen LogP contribution in [0.3, 0.4) is 0 Å². The number of nitrogens with zero attached hydrogens (tertiary/aromatic N) is 4. The zero-order valence-electron chi connectivity index (χ0n) is 17.4. The summed E-state index contributed by atoms with van der Waals surface area (Å²) >= 11 is 1.50. The average molecular weight is 435 g/mol. The van der Waals surface area contributed by atoms with Gasteiger partial charge in [-0.15, -0.1) is 11.3 Å². The molecule has 158 valence electrons. The van der Waals surface area contributed by atoms with Gasteiger partial charge in [0.15, 0.2) is 5.82 Å². The summed E-state index contributed by atoms with van der Waals surface area (Å²) in [5, 5.41) is 12.2. The molecule has 0 saturated carbocycles. The van der Waals surface area contributed by atoms with Crippen LogP contribution < -0.4 is 15.4 Å². The van der Waals surface area contributed by atoms with Crippen molar-refractivity contribution in [1.29, 1.82) is 0 Å². The van der Waals surface area contributed by atoms with Gasteiger partial charge in [-0.1, -0.05) is 26.0 Å². The lowest BCUT2D eigenvalue weighted by molar-refractivity contribution is -0.111. The number of thiophene rings is 1. The molecule has 4 rings (SSSR count). The number of fused-ring (bicyclic) bond motifs is 1. The molecule has 0 aliphatic carbocycles. The van der Waals surface area contributed by atoms with Gasteiger partial charge in [0.25, 0.3) is 0 Å². The molecule has 8 nitrogen and oxygen atoms in total. The van der Waals surface area contributed by atoms with Crippen LogP contribution in [0, 0.1) is 5.92 Å². The van der Waals surface area contributed by atoms with Crippen molar-refractivity contribution in [1.82, 2.24) is 19.7 Å². The zero-order valence-corrected chi connectivity index (χ0v) is 18.2. The molecule has 0 radical (unpaired) electrons. The van der Waals surface area contributed by atoms with Crippen LogP contribution in [0.5, 0.6) is 11.6 Å². The van der Waals surface area contributed by atoms with Crippen LogP contribution in [0.15, 0.2) is 60.1 Å². The largest absolute Gasteiger partial charge is 0.437 e. The van der Waals surface area contributed by atoms with Crippen molar-refractivity contribution in [2.24, 2.45) is 13.0 Å². The standard InChI is InChI=1S/C22H22N6O2S/c1-14(2)7-8-19(29)23-15-5-4-6-16(13-15)30-21-20-17(10-12-31-20)24-22(26-21)25-18-9-11-28(3)27-18/h4-14H,1-3H3,(H,23,29)(H,24,25,26,27)/b8-7+.